The van der Waals surface area contributed by atoms with E-state index in [1.165, 1.54) is 23.9 Å². The molecule has 7 nitrogen and oxygen atoms in total. The van der Waals surface area contributed by atoms with Crippen LogP contribution in [0, 0.1) is 22.9 Å². The standard InChI is InChI=1S/C24H20BrFN4O3S/c1-16-27-28-24(30(16)20-12-10-19(26)11-13-20)34-23(14-29(31)32)21-4-2-3-5-22(21)33-15-17-6-8-18(25)9-7-17/h2-13,23H,14-15H2,1H3/t23-/m1/s1. The van der Waals surface area contributed by atoms with Gasteiger partial charge in [-0.25, -0.2) is 4.39 Å². The first-order chi connectivity index (χ1) is 16.4. The molecule has 0 spiro atoms. The molecule has 4 aromatic rings. The average molecular weight is 543 g/mol. The Labute approximate surface area is 208 Å². The number of hydrogen-bond acceptors (Lipinski definition) is 6. The van der Waals surface area contributed by atoms with Gasteiger partial charge in [-0.2, -0.15) is 0 Å². The van der Waals surface area contributed by atoms with Gasteiger partial charge in [0, 0.05) is 20.6 Å². The normalized spacial score (nSPS) is 11.9. The van der Waals surface area contributed by atoms with E-state index < -0.39 is 5.25 Å². The summed E-state index contributed by atoms with van der Waals surface area (Å²) in [7, 11) is 0. The summed E-state index contributed by atoms with van der Waals surface area (Å²) in [5.41, 5.74) is 2.34. The van der Waals surface area contributed by atoms with E-state index in [4.69, 9.17) is 4.74 Å². The van der Waals surface area contributed by atoms with E-state index >= 15 is 0 Å². The van der Waals surface area contributed by atoms with Crippen LogP contribution in [0.2, 0.25) is 0 Å². The summed E-state index contributed by atoms with van der Waals surface area (Å²) in [6.45, 7) is 1.77. The zero-order valence-corrected chi connectivity index (χ0v) is 20.5. The highest BCUT2D eigenvalue weighted by atomic mass is 79.9. The number of halogens is 2. The van der Waals surface area contributed by atoms with Crippen molar-refractivity contribution in [1.29, 1.82) is 0 Å². The highest BCUT2D eigenvalue weighted by Crippen LogP contribution is 2.40. The second-order valence-electron chi connectivity index (χ2n) is 7.42. The van der Waals surface area contributed by atoms with Crippen LogP contribution < -0.4 is 4.74 Å². The summed E-state index contributed by atoms with van der Waals surface area (Å²) in [4.78, 5) is 11.2. The molecule has 0 aliphatic carbocycles. The minimum atomic E-state index is -0.584. The Balaban J connectivity index is 1.63. The molecule has 10 heteroatoms. The quantitative estimate of drug-likeness (QED) is 0.143. The van der Waals surface area contributed by atoms with Gasteiger partial charge in [0.15, 0.2) is 5.16 Å². The van der Waals surface area contributed by atoms with Crippen LogP contribution in [0.3, 0.4) is 0 Å². The number of para-hydroxylation sites is 1. The molecule has 1 heterocycles. The van der Waals surface area contributed by atoms with E-state index in [9.17, 15) is 14.5 Å². The van der Waals surface area contributed by atoms with Crippen molar-refractivity contribution in [3.8, 4) is 11.4 Å². The van der Waals surface area contributed by atoms with E-state index in [1.807, 2.05) is 42.5 Å². The van der Waals surface area contributed by atoms with E-state index in [-0.39, 0.29) is 17.3 Å². The lowest BCUT2D eigenvalue weighted by Crippen LogP contribution is -2.12. The van der Waals surface area contributed by atoms with Crippen LogP contribution in [0.15, 0.2) is 82.4 Å². The van der Waals surface area contributed by atoms with Crippen molar-refractivity contribution < 1.29 is 14.1 Å². The molecule has 0 radical (unpaired) electrons. The maximum Gasteiger partial charge on any atom is 0.220 e. The maximum absolute atomic E-state index is 13.4. The Morgan fingerprint density at radius 2 is 1.79 bits per heavy atom. The number of ether oxygens (including phenoxy) is 1. The Morgan fingerprint density at radius 1 is 1.09 bits per heavy atom. The SMILES string of the molecule is Cc1nnc(S[C@H](C[N+](=O)[O-])c2ccccc2OCc2ccc(Br)cc2)n1-c1ccc(F)cc1. The van der Waals surface area contributed by atoms with Crippen molar-refractivity contribution in [2.75, 3.05) is 6.54 Å². The van der Waals surface area contributed by atoms with Crippen LogP contribution in [0.1, 0.15) is 22.2 Å². The van der Waals surface area contributed by atoms with Gasteiger partial charge in [0.1, 0.15) is 29.2 Å². The number of aryl methyl sites for hydroxylation is 1. The predicted molar refractivity (Wildman–Crippen MR) is 131 cm³/mol. The topological polar surface area (TPSA) is 83.1 Å². The summed E-state index contributed by atoms with van der Waals surface area (Å²) in [6.07, 6.45) is 0. The van der Waals surface area contributed by atoms with Crippen molar-refractivity contribution >= 4 is 27.7 Å². The lowest BCUT2D eigenvalue weighted by atomic mass is 10.1. The number of benzene rings is 3. The van der Waals surface area contributed by atoms with Crippen molar-refractivity contribution in [3.05, 3.63) is 110 Å². The zero-order valence-electron chi connectivity index (χ0n) is 18.1. The van der Waals surface area contributed by atoms with Gasteiger partial charge < -0.3 is 4.74 Å². The molecule has 0 saturated carbocycles. The number of thioether (sulfide) groups is 1. The average Bonchev–Trinajstić information content (AvgIpc) is 3.18. The minimum Gasteiger partial charge on any atom is -0.489 e. The number of aromatic nitrogens is 3. The highest BCUT2D eigenvalue weighted by Gasteiger charge is 2.26. The molecule has 174 valence electrons. The van der Waals surface area contributed by atoms with Gasteiger partial charge in [-0.15, -0.1) is 10.2 Å². The number of hydrogen-bond donors (Lipinski definition) is 0. The van der Waals surface area contributed by atoms with Crippen molar-refractivity contribution in [2.45, 2.75) is 23.9 Å². The van der Waals surface area contributed by atoms with Crippen LogP contribution in [0.4, 0.5) is 4.39 Å². The minimum absolute atomic E-state index is 0.324. The summed E-state index contributed by atoms with van der Waals surface area (Å²) in [6, 6.07) is 21.0. The number of nitrogens with zero attached hydrogens (tertiary/aromatic N) is 4. The Hall–Kier alpha value is -3.24. The second-order valence-corrected chi connectivity index (χ2v) is 9.50. The van der Waals surface area contributed by atoms with Crippen LogP contribution in [-0.2, 0) is 6.61 Å². The molecule has 0 amide bonds. The third-order valence-electron chi connectivity index (χ3n) is 5.02. The first-order valence-electron chi connectivity index (χ1n) is 10.3. The zero-order chi connectivity index (χ0) is 24.1. The van der Waals surface area contributed by atoms with Gasteiger partial charge >= 0.3 is 0 Å². The van der Waals surface area contributed by atoms with Crippen LogP contribution in [-0.4, -0.2) is 26.2 Å². The van der Waals surface area contributed by atoms with Gasteiger partial charge in [0.2, 0.25) is 6.54 Å². The fraction of sp³-hybridized carbons (Fsp3) is 0.167. The van der Waals surface area contributed by atoms with Gasteiger partial charge in [-0.05, 0) is 55.0 Å². The Morgan fingerprint density at radius 3 is 2.50 bits per heavy atom. The third kappa shape index (κ3) is 5.81. The molecule has 0 unspecified atom stereocenters. The molecule has 1 atom stereocenters. The third-order valence-corrected chi connectivity index (χ3v) is 6.71. The highest BCUT2D eigenvalue weighted by molar-refractivity contribution is 9.10. The van der Waals surface area contributed by atoms with E-state index in [0.29, 0.717) is 34.6 Å². The smallest absolute Gasteiger partial charge is 0.220 e. The molecule has 0 aliphatic heterocycles. The van der Waals surface area contributed by atoms with E-state index in [1.54, 1.807) is 29.7 Å². The molecule has 0 fully saturated rings. The first-order valence-corrected chi connectivity index (χ1v) is 12.0. The summed E-state index contributed by atoms with van der Waals surface area (Å²) < 4.78 is 22.2. The van der Waals surface area contributed by atoms with Crippen molar-refractivity contribution in [1.82, 2.24) is 14.8 Å². The molecule has 1 aromatic heterocycles. The fourth-order valence-corrected chi connectivity index (χ4v) is 4.86. The van der Waals surface area contributed by atoms with Gasteiger partial charge in [0.05, 0.1) is 0 Å². The lowest BCUT2D eigenvalue weighted by Gasteiger charge is -2.18. The molecule has 0 bridgehead atoms. The first kappa shape index (κ1) is 23.9. The molecule has 3 aromatic carbocycles. The van der Waals surface area contributed by atoms with E-state index in [2.05, 4.69) is 26.1 Å². The van der Waals surface area contributed by atoms with Gasteiger partial charge in [-0.3, -0.25) is 14.7 Å². The monoisotopic (exact) mass is 542 g/mol. The van der Waals surface area contributed by atoms with Crippen LogP contribution in [0.25, 0.3) is 5.69 Å². The van der Waals surface area contributed by atoms with Crippen molar-refractivity contribution in [2.24, 2.45) is 0 Å². The van der Waals surface area contributed by atoms with Crippen LogP contribution in [0.5, 0.6) is 5.75 Å². The van der Waals surface area contributed by atoms with Gasteiger partial charge in [0.25, 0.3) is 0 Å². The molecule has 0 aliphatic rings. The largest absolute Gasteiger partial charge is 0.489 e. The van der Waals surface area contributed by atoms with E-state index in [0.717, 1.165) is 10.0 Å². The summed E-state index contributed by atoms with van der Waals surface area (Å²) in [5, 5.41) is 19.8. The second kappa shape index (κ2) is 10.8. The number of rotatable bonds is 9. The molecule has 4 rings (SSSR count). The maximum atomic E-state index is 13.4. The molecule has 0 N–H and O–H groups in total. The molecular formula is C24H20BrFN4O3S. The fourth-order valence-electron chi connectivity index (χ4n) is 3.39. The van der Waals surface area contributed by atoms with Crippen LogP contribution >= 0.6 is 27.7 Å². The molecule has 0 saturated heterocycles. The molecule has 34 heavy (non-hydrogen) atoms. The van der Waals surface area contributed by atoms with Crippen molar-refractivity contribution in [3.63, 3.8) is 0 Å². The predicted octanol–water partition coefficient (Wildman–Crippen LogP) is 6.17. The Bertz CT molecular complexity index is 1280. The Kier molecular flexibility index (Phi) is 7.59. The number of nitro groups is 1. The lowest BCUT2D eigenvalue weighted by molar-refractivity contribution is -0.479. The van der Waals surface area contributed by atoms with Gasteiger partial charge in [-0.1, -0.05) is 58.0 Å². The summed E-state index contributed by atoms with van der Waals surface area (Å²) >= 11 is 4.64. The summed E-state index contributed by atoms with van der Waals surface area (Å²) in [5.74, 6) is 0.801. The molecular weight excluding hydrogens is 523 g/mol.